The maximum Gasteiger partial charge on any atom is 0.343 e. The zero-order valence-corrected chi connectivity index (χ0v) is 20.1. The van der Waals surface area contributed by atoms with Crippen LogP contribution in [-0.4, -0.2) is 74.4 Å². The van der Waals surface area contributed by atoms with Gasteiger partial charge >= 0.3 is 5.97 Å². The van der Waals surface area contributed by atoms with Crippen molar-refractivity contribution in [3.05, 3.63) is 53.5 Å². The number of nitrogens with zero attached hydrogens (tertiary/aromatic N) is 6. The molecule has 0 radical (unpaired) electrons. The highest BCUT2D eigenvalue weighted by atomic mass is 19.1. The first-order valence-corrected chi connectivity index (χ1v) is 12.1. The Morgan fingerprint density at radius 2 is 2.03 bits per heavy atom. The van der Waals surface area contributed by atoms with Crippen molar-refractivity contribution in [2.24, 2.45) is 0 Å². The topological polar surface area (TPSA) is 113 Å². The lowest BCUT2D eigenvalue weighted by Crippen LogP contribution is -2.43. The molecule has 3 aromatic rings. The Morgan fingerprint density at radius 3 is 2.69 bits per heavy atom. The Balaban J connectivity index is 1.42. The Labute approximate surface area is 207 Å². The number of aromatic carboxylic acids is 1. The van der Waals surface area contributed by atoms with Crippen molar-refractivity contribution in [3.8, 4) is 11.3 Å². The van der Waals surface area contributed by atoms with Gasteiger partial charge in [0.15, 0.2) is 0 Å². The van der Waals surface area contributed by atoms with Crippen molar-refractivity contribution in [2.45, 2.75) is 38.4 Å². The molecule has 2 aliphatic heterocycles. The number of piperidine rings is 1. The van der Waals surface area contributed by atoms with Crippen LogP contribution in [0.25, 0.3) is 11.3 Å². The predicted octanol–water partition coefficient (Wildman–Crippen LogP) is 3.11. The summed E-state index contributed by atoms with van der Waals surface area (Å²) in [5.41, 5.74) is 7.54. The molecule has 190 valence electrons. The van der Waals surface area contributed by atoms with Gasteiger partial charge in [0.25, 0.3) is 0 Å². The minimum Gasteiger partial charge on any atom is -0.477 e. The molecule has 2 aromatic heterocycles. The number of nitrogen functional groups attached to an aromatic ring is 1. The molecule has 11 heteroatoms. The van der Waals surface area contributed by atoms with Crippen molar-refractivity contribution in [1.82, 2.24) is 24.4 Å². The van der Waals surface area contributed by atoms with Gasteiger partial charge in [0, 0.05) is 31.4 Å². The Hall–Kier alpha value is -3.60. The summed E-state index contributed by atoms with van der Waals surface area (Å²) in [4.78, 5) is 28.3. The second-order valence-electron chi connectivity index (χ2n) is 9.46. The molecular weight excluding hydrogens is 468 g/mol. The number of anilines is 2. The standard InChI is InChI=1S/C25H29F2N7O2/c1-15-11-16(3-4-18(15)26)20-13-34(10-9-32-6-2-7-32)23(31-20)17-5-8-33(12-19(17)27)24-21(25(35)36)22(28)29-14-30-24/h3-4,11,13-14,17,19H,2,5-10,12H2,1H3,(H,35,36)(H2,28,29,30)/t17-,19+/m1/s1. The SMILES string of the molecule is Cc1cc(-c2cn(CCN3CCC3)c([C@@H]3CCN(c4ncnc(N)c4C(=O)O)C[C@@H]3F)n2)ccc1F. The van der Waals surface area contributed by atoms with E-state index in [1.165, 1.54) is 18.8 Å². The summed E-state index contributed by atoms with van der Waals surface area (Å²) in [6, 6.07) is 4.87. The molecule has 2 atom stereocenters. The first-order valence-electron chi connectivity index (χ1n) is 12.1. The van der Waals surface area contributed by atoms with E-state index in [1.807, 2.05) is 10.8 Å². The molecule has 2 aliphatic rings. The van der Waals surface area contributed by atoms with Crippen LogP contribution in [0.1, 0.15) is 40.5 Å². The highest BCUT2D eigenvalue weighted by Crippen LogP contribution is 2.35. The quantitative estimate of drug-likeness (QED) is 0.512. The second-order valence-corrected chi connectivity index (χ2v) is 9.46. The van der Waals surface area contributed by atoms with Gasteiger partial charge in [-0.3, -0.25) is 0 Å². The van der Waals surface area contributed by atoms with Gasteiger partial charge in [0.2, 0.25) is 0 Å². The maximum atomic E-state index is 15.7. The minimum absolute atomic E-state index is 0.0363. The lowest BCUT2D eigenvalue weighted by Gasteiger charge is -2.36. The molecule has 0 bridgehead atoms. The van der Waals surface area contributed by atoms with Crippen LogP contribution >= 0.6 is 0 Å². The number of carbonyl (C=O) groups is 1. The molecule has 5 rings (SSSR count). The minimum atomic E-state index is -1.30. The summed E-state index contributed by atoms with van der Waals surface area (Å²) >= 11 is 0. The van der Waals surface area contributed by atoms with Crippen LogP contribution in [0.3, 0.4) is 0 Å². The molecular formula is C25H29F2N7O2. The van der Waals surface area contributed by atoms with Gasteiger partial charge in [-0.15, -0.1) is 0 Å². The first kappa shape index (κ1) is 24.1. The Bertz CT molecular complexity index is 1280. The van der Waals surface area contributed by atoms with Gasteiger partial charge in [0.1, 0.15) is 41.3 Å². The van der Waals surface area contributed by atoms with Crippen molar-refractivity contribution in [2.75, 3.05) is 43.4 Å². The van der Waals surface area contributed by atoms with E-state index in [1.54, 1.807) is 24.0 Å². The fourth-order valence-corrected chi connectivity index (χ4v) is 4.93. The molecule has 1 aromatic carbocycles. The molecule has 36 heavy (non-hydrogen) atoms. The van der Waals surface area contributed by atoms with E-state index in [-0.39, 0.29) is 29.6 Å². The monoisotopic (exact) mass is 497 g/mol. The van der Waals surface area contributed by atoms with E-state index in [0.717, 1.165) is 25.2 Å². The molecule has 0 unspecified atom stereocenters. The Morgan fingerprint density at radius 1 is 1.22 bits per heavy atom. The number of imidazole rings is 1. The number of nitrogens with two attached hydrogens (primary N) is 1. The normalized spacial score (nSPS) is 20.4. The molecule has 3 N–H and O–H groups in total. The number of carboxylic acids is 1. The molecule has 4 heterocycles. The third kappa shape index (κ3) is 4.62. The van der Waals surface area contributed by atoms with E-state index in [0.29, 0.717) is 36.6 Å². The van der Waals surface area contributed by atoms with Crippen LogP contribution < -0.4 is 10.6 Å². The summed E-state index contributed by atoms with van der Waals surface area (Å²) < 4.78 is 31.6. The lowest BCUT2D eigenvalue weighted by molar-refractivity contribution is 0.0697. The summed E-state index contributed by atoms with van der Waals surface area (Å²) in [6.07, 6.45) is 3.43. The fourth-order valence-electron chi connectivity index (χ4n) is 4.93. The number of hydrogen-bond donors (Lipinski definition) is 2. The number of alkyl halides is 1. The number of carboxylic acid groups (broad SMARTS) is 1. The molecule has 0 saturated carbocycles. The molecule has 9 nitrogen and oxygen atoms in total. The van der Waals surface area contributed by atoms with E-state index in [2.05, 4.69) is 14.9 Å². The van der Waals surface area contributed by atoms with Gasteiger partial charge in [-0.1, -0.05) is 0 Å². The number of benzene rings is 1. The number of aryl methyl sites for hydroxylation is 1. The molecule has 0 aliphatic carbocycles. The van der Waals surface area contributed by atoms with Crippen LogP contribution in [0.15, 0.2) is 30.7 Å². The second kappa shape index (κ2) is 9.81. The van der Waals surface area contributed by atoms with Crippen LogP contribution in [0.4, 0.5) is 20.4 Å². The number of hydrogen-bond acceptors (Lipinski definition) is 7. The van der Waals surface area contributed by atoms with E-state index in [4.69, 9.17) is 10.7 Å². The largest absolute Gasteiger partial charge is 0.477 e. The lowest BCUT2D eigenvalue weighted by atomic mass is 9.93. The number of halogens is 2. The summed E-state index contributed by atoms with van der Waals surface area (Å²) in [5, 5.41) is 9.56. The van der Waals surface area contributed by atoms with Crippen LogP contribution in [0.5, 0.6) is 0 Å². The summed E-state index contributed by atoms with van der Waals surface area (Å²) in [7, 11) is 0. The fraction of sp³-hybridized carbons (Fsp3) is 0.440. The van der Waals surface area contributed by atoms with Crippen LogP contribution in [0, 0.1) is 12.7 Å². The molecule has 2 fully saturated rings. The van der Waals surface area contributed by atoms with E-state index < -0.39 is 18.1 Å². The van der Waals surface area contributed by atoms with Crippen LogP contribution in [-0.2, 0) is 6.54 Å². The molecule has 2 saturated heterocycles. The van der Waals surface area contributed by atoms with Crippen molar-refractivity contribution in [3.63, 3.8) is 0 Å². The maximum absolute atomic E-state index is 15.7. The summed E-state index contributed by atoms with van der Waals surface area (Å²) in [5.74, 6) is -1.37. The van der Waals surface area contributed by atoms with Gasteiger partial charge < -0.3 is 25.2 Å². The number of likely N-dealkylation sites (tertiary alicyclic amines) is 1. The Kier molecular flexibility index (Phi) is 6.57. The van der Waals surface area contributed by atoms with Crippen LogP contribution in [0.2, 0.25) is 0 Å². The third-order valence-corrected chi connectivity index (χ3v) is 7.11. The van der Waals surface area contributed by atoms with Gasteiger partial charge in [-0.2, -0.15) is 0 Å². The van der Waals surface area contributed by atoms with Crippen molar-refractivity contribution in [1.29, 1.82) is 0 Å². The average molecular weight is 498 g/mol. The zero-order valence-electron chi connectivity index (χ0n) is 20.1. The number of aromatic nitrogens is 4. The number of rotatable bonds is 7. The first-order chi connectivity index (χ1) is 17.3. The molecule has 0 spiro atoms. The highest BCUT2D eigenvalue weighted by molar-refractivity contribution is 5.98. The van der Waals surface area contributed by atoms with Gasteiger partial charge in [-0.05, 0) is 56.6 Å². The smallest absolute Gasteiger partial charge is 0.343 e. The van der Waals surface area contributed by atoms with Crippen molar-refractivity contribution < 1.29 is 18.7 Å². The van der Waals surface area contributed by atoms with E-state index >= 15 is 4.39 Å². The van der Waals surface area contributed by atoms with Gasteiger partial charge in [-0.25, -0.2) is 28.5 Å². The molecule has 0 amide bonds. The average Bonchev–Trinajstić information content (AvgIpc) is 3.23. The third-order valence-electron chi connectivity index (χ3n) is 7.11. The zero-order chi connectivity index (χ0) is 25.4. The van der Waals surface area contributed by atoms with Gasteiger partial charge in [0.05, 0.1) is 18.2 Å². The van der Waals surface area contributed by atoms with E-state index in [9.17, 15) is 14.3 Å². The summed E-state index contributed by atoms with van der Waals surface area (Å²) in [6.45, 7) is 5.72. The highest BCUT2D eigenvalue weighted by Gasteiger charge is 2.36. The van der Waals surface area contributed by atoms with Crippen molar-refractivity contribution >= 4 is 17.6 Å². The predicted molar refractivity (Wildman–Crippen MR) is 131 cm³/mol.